The molecule has 4 rings (SSSR count). The number of likely N-dealkylation sites (N-methyl/N-ethyl adjacent to an activating group) is 1. The van der Waals surface area contributed by atoms with Gasteiger partial charge in [0, 0.05) is 74.1 Å². The predicted octanol–water partition coefficient (Wildman–Crippen LogP) is 3.98. The number of pyridine rings is 1. The number of rotatable bonds is 7. The molecule has 1 saturated heterocycles. The van der Waals surface area contributed by atoms with Crippen molar-refractivity contribution in [1.82, 2.24) is 20.1 Å². The van der Waals surface area contributed by atoms with Crippen LogP contribution in [-0.4, -0.2) is 67.0 Å². The van der Waals surface area contributed by atoms with Gasteiger partial charge in [-0.05, 0) is 44.3 Å². The second-order valence-electron chi connectivity index (χ2n) is 8.88. The van der Waals surface area contributed by atoms with Crippen molar-refractivity contribution in [2.75, 3.05) is 51.6 Å². The zero-order chi connectivity index (χ0) is 23.4. The molecule has 0 unspecified atom stereocenters. The number of amides is 1. The second kappa shape index (κ2) is 10.1. The molecule has 0 saturated carbocycles. The standard InChI is InChI=1S/C27H33N5O/c1-19-5-10-26-25(17-19)24(20(2)28-11-12-32-15-13-31(4)14-16-32)18-27(30-26)22-6-8-23(9-7-22)29-21(3)33/h5-10,17-18,28H,2,11-16H2,1,3-4H3,(H,29,33). The van der Waals surface area contributed by atoms with Crippen LogP contribution in [0, 0.1) is 6.92 Å². The molecule has 0 aliphatic carbocycles. The first kappa shape index (κ1) is 23.0. The maximum absolute atomic E-state index is 11.3. The molecule has 0 spiro atoms. The maximum Gasteiger partial charge on any atom is 0.221 e. The molecule has 2 aromatic carbocycles. The first-order valence-electron chi connectivity index (χ1n) is 11.5. The smallest absolute Gasteiger partial charge is 0.221 e. The van der Waals surface area contributed by atoms with E-state index in [1.165, 1.54) is 12.5 Å². The van der Waals surface area contributed by atoms with Crippen molar-refractivity contribution in [3.8, 4) is 11.3 Å². The van der Waals surface area contributed by atoms with Gasteiger partial charge < -0.3 is 15.5 Å². The number of anilines is 1. The molecule has 1 fully saturated rings. The number of aromatic nitrogens is 1. The van der Waals surface area contributed by atoms with Gasteiger partial charge in [0.1, 0.15) is 0 Å². The molecule has 2 N–H and O–H groups in total. The van der Waals surface area contributed by atoms with Gasteiger partial charge in [0.25, 0.3) is 0 Å². The summed E-state index contributed by atoms with van der Waals surface area (Å²) in [6, 6.07) is 16.2. The number of aryl methyl sites for hydroxylation is 1. The number of benzene rings is 2. The number of hydrogen-bond donors (Lipinski definition) is 2. The van der Waals surface area contributed by atoms with Crippen molar-refractivity contribution < 1.29 is 4.79 Å². The third kappa shape index (κ3) is 5.78. The molecule has 1 aliphatic rings. The highest BCUT2D eigenvalue weighted by Gasteiger charge is 2.14. The fourth-order valence-electron chi connectivity index (χ4n) is 4.20. The third-order valence-corrected chi connectivity index (χ3v) is 6.15. The zero-order valence-electron chi connectivity index (χ0n) is 19.8. The van der Waals surface area contributed by atoms with Gasteiger partial charge in [-0.3, -0.25) is 9.69 Å². The Labute approximate surface area is 196 Å². The van der Waals surface area contributed by atoms with Gasteiger partial charge in [0.05, 0.1) is 11.2 Å². The number of nitrogens with zero attached hydrogens (tertiary/aromatic N) is 3. The van der Waals surface area contributed by atoms with Crippen LogP contribution >= 0.6 is 0 Å². The minimum Gasteiger partial charge on any atom is -0.384 e. The van der Waals surface area contributed by atoms with Crippen LogP contribution in [0.4, 0.5) is 5.69 Å². The Morgan fingerprint density at radius 2 is 1.79 bits per heavy atom. The lowest BCUT2D eigenvalue weighted by molar-refractivity contribution is -0.114. The second-order valence-corrected chi connectivity index (χ2v) is 8.88. The Bertz CT molecular complexity index is 1150. The highest BCUT2D eigenvalue weighted by molar-refractivity contribution is 5.94. The van der Waals surface area contributed by atoms with Crippen molar-refractivity contribution in [3.05, 3.63) is 66.2 Å². The summed E-state index contributed by atoms with van der Waals surface area (Å²) in [5.41, 5.74) is 6.79. The molecular formula is C27H33N5O. The maximum atomic E-state index is 11.3. The number of carbonyl (C=O) groups excluding carboxylic acids is 1. The molecule has 6 heteroatoms. The van der Waals surface area contributed by atoms with E-state index in [0.29, 0.717) is 0 Å². The zero-order valence-corrected chi connectivity index (χ0v) is 19.8. The summed E-state index contributed by atoms with van der Waals surface area (Å²) < 4.78 is 0. The number of hydrogen-bond acceptors (Lipinski definition) is 5. The monoisotopic (exact) mass is 443 g/mol. The molecule has 0 atom stereocenters. The van der Waals surface area contributed by atoms with E-state index < -0.39 is 0 Å². The molecule has 1 amide bonds. The summed E-state index contributed by atoms with van der Waals surface area (Å²) in [6.45, 7) is 14.3. The molecule has 2 heterocycles. The van der Waals surface area contributed by atoms with E-state index in [0.717, 1.165) is 78.4 Å². The number of carbonyl (C=O) groups is 1. The van der Waals surface area contributed by atoms with Gasteiger partial charge in [-0.1, -0.05) is 30.3 Å². The molecule has 172 valence electrons. The lowest BCUT2D eigenvalue weighted by Crippen LogP contribution is -2.46. The lowest BCUT2D eigenvalue weighted by Gasteiger charge is -2.32. The Kier molecular flexibility index (Phi) is 7.06. The minimum absolute atomic E-state index is 0.0804. The number of piperazine rings is 1. The van der Waals surface area contributed by atoms with E-state index in [4.69, 9.17) is 4.98 Å². The highest BCUT2D eigenvalue weighted by Crippen LogP contribution is 2.29. The molecule has 1 aromatic heterocycles. The van der Waals surface area contributed by atoms with Crippen molar-refractivity contribution in [1.29, 1.82) is 0 Å². The Morgan fingerprint density at radius 3 is 2.48 bits per heavy atom. The van der Waals surface area contributed by atoms with Gasteiger partial charge in [0.2, 0.25) is 5.91 Å². The molecule has 33 heavy (non-hydrogen) atoms. The Hall–Kier alpha value is -3.22. The molecular weight excluding hydrogens is 410 g/mol. The summed E-state index contributed by atoms with van der Waals surface area (Å²) in [4.78, 5) is 21.1. The minimum atomic E-state index is -0.0804. The normalized spacial score (nSPS) is 14.9. The SMILES string of the molecule is C=C(NCCN1CCN(C)CC1)c1cc(-c2ccc(NC(C)=O)cc2)nc2ccc(C)cc12. The van der Waals surface area contributed by atoms with Crippen LogP contribution in [0.3, 0.4) is 0 Å². The van der Waals surface area contributed by atoms with E-state index in [1.54, 1.807) is 0 Å². The average molecular weight is 444 g/mol. The van der Waals surface area contributed by atoms with Gasteiger partial charge in [-0.25, -0.2) is 4.98 Å². The summed E-state index contributed by atoms with van der Waals surface area (Å²) >= 11 is 0. The van der Waals surface area contributed by atoms with E-state index in [2.05, 4.69) is 65.2 Å². The van der Waals surface area contributed by atoms with Crippen LogP contribution < -0.4 is 10.6 Å². The largest absolute Gasteiger partial charge is 0.384 e. The van der Waals surface area contributed by atoms with Crippen LogP contribution in [0.25, 0.3) is 27.9 Å². The van der Waals surface area contributed by atoms with Crippen LogP contribution in [0.5, 0.6) is 0 Å². The van der Waals surface area contributed by atoms with Crippen LogP contribution in [0.2, 0.25) is 0 Å². The summed E-state index contributed by atoms with van der Waals surface area (Å²) in [5, 5.41) is 7.47. The molecule has 0 radical (unpaired) electrons. The van der Waals surface area contributed by atoms with Crippen LogP contribution in [0.1, 0.15) is 18.1 Å². The summed E-state index contributed by atoms with van der Waals surface area (Å²) in [6.07, 6.45) is 0. The molecule has 1 aliphatic heterocycles. The lowest BCUT2D eigenvalue weighted by atomic mass is 10.0. The van der Waals surface area contributed by atoms with Crippen LogP contribution in [-0.2, 0) is 4.79 Å². The van der Waals surface area contributed by atoms with E-state index >= 15 is 0 Å². The first-order valence-corrected chi connectivity index (χ1v) is 11.5. The first-order chi connectivity index (χ1) is 15.9. The van der Waals surface area contributed by atoms with Gasteiger partial charge in [-0.15, -0.1) is 0 Å². The van der Waals surface area contributed by atoms with Gasteiger partial charge in [0.15, 0.2) is 0 Å². The Balaban J connectivity index is 1.56. The van der Waals surface area contributed by atoms with Crippen LogP contribution in [0.15, 0.2) is 55.1 Å². The number of fused-ring (bicyclic) bond motifs is 1. The van der Waals surface area contributed by atoms with Gasteiger partial charge in [-0.2, -0.15) is 0 Å². The number of nitrogens with one attached hydrogen (secondary N) is 2. The Morgan fingerprint density at radius 1 is 1.06 bits per heavy atom. The predicted molar refractivity (Wildman–Crippen MR) is 137 cm³/mol. The van der Waals surface area contributed by atoms with Crippen molar-refractivity contribution in [2.45, 2.75) is 13.8 Å². The molecule has 6 nitrogen and oxygen atoms in total. The molecule has 0 bridgehead atoms. The van der Waals surface area contributed by atoms with Gasteiger partial charge >= 0.3 is 0 Å². The topological polar surface area (TPSA) is 60.5 Å². The summed E-state index contributed by atoms with van der Waals surface area (Å²) in [5.74, 6) is -0.0804. The van der Waals surface area contributed by atoms with Crippen molar-refractivity contribution in [3.63, 3.8) is 0 Å². The third-order valence-electron chi connectivity index (χ3n) is 6.15. The van der Waals surface area contributed by atoms with E-state index in [-0.39, 0.29) is 5.91 Å². The average Bonchev–Trinajstić information content (AvgIpc) is 2.80. The quantitative estimate of drug-likeness (QED) is 0.579. The van der Waals surface area contributed by atoms with E-state index in [9.17, 15) is 4.79 Å². The van der Waals surface area contributed by atoms with E-state index in [1.807, 2.05) is 24.3 Å². The summed E-state index contributed by atoms with van der Waals surface area (Å²) in [7, 11) is 2.18. The highest BCUT2D eigenvalue weighted by atomic mass is 16.1. The fraction of sp³-hybridized carbons (Fsp3) is 0.333. The van der Waals surface area contributed by atoms with Crippen molar-refractivity contribution in [2.24, 2.45) is 0 Å². The van der Waals surface area contributed by atoms with Crippen molar-refractivity contribution >= 4 is 28.2 Å². The molecule has 3 aromatic rings. The fourth-order valence-corrected chi connectivity index (χ4v) is 4.20.